The van der Waals surface area contributed by atoms with E-state index in [2.05, 4.69) is 38.8 Å². The van der Waals surface area contributed by atoms with Crippen LogP contribution in [0.4, 0.5) is 23.8 Å². The van der Waals surface area contributed by atoms with E-state index in [1.807, 2.05) is 11.0 Å². The summed E-state index contributed by atoms with van der Waals surface area (Å²) in [6, 6.07) is 5.90. The van der Waals surface area contributed by atoms with Crippen LogP contribution < -0.4 is 5.32 Å². The highest BCUT2D eigenvalue weighted by molar-refractivity contribution is 7.09. The molecule has 9 nitrogen and oxygen atoms in total. The van der Waals surface area contributed by atoms with Crippen LogP contribution in [0.1, 0.15) is 35.3 Å². The second-order valence-corrected chi connectivity index (χ2v) is 13.1. The van der Waals surface area contributed by atoms with Gasteiger partial charge >= 0.3 is 18.1 Å². The maximum absolute atomic E-state index is 12.8. The molecule has 234 valence electrons. The maximum atomic E-state index is 12.8. The smallest absolute Gasteiger partial charge is 0.335 e. The van der Waals surface area contributed by atoms with E-state index in [1.165, 1.54) is 10.5 Å². The standard InChI is InChI=1S/C31H35F3N6O3S/c32-31(33,34)28(42)39-11-7-30(8-12-39)20-37(21-30)13-14-40-19-24-16-23(18-35-27(24)36-29(40)43)3-4-26(41)38-9-5-22(6-10-38)17-25-2-1-15-44-25/h1-5,15-16,18H,6-14,17,19-21H2,(H,35,36,43)/b4-3+. The number of carbonyl (C=O) groups excluding carboxylic acids is 3. The van der Waals surface area contributed by atoms with Gasteiger partial charge in [-0.2, -0.15) is 13.2 Å². The summed E-state index contributed by atoms with van der Waals surface area (Å²) in [4.78, 5) is 49.4. The van der Waals surface area contributed by atoms with Crippen LogP contribution in [0.3, 0.4) is 0 Å². The van der Waals surface area contributed by atoms with Gasteiger partial charge in [-0.15, -0.1) is 11.3 Å². The third-order valence-electron chi connectivity index (χ3n) is 9.03. The number of urea groups is 1. The molecule has 4 aliphatic heterocycles. The first kappa shape index (κ1) is 30.3. The molecule has 0 radical (unpaired) electrons. The fraction of sp³-hybridized carbons (Fsp3) is 0.484. The van der Waals surface area contributed by atoms with Crippen molar-refractivity contribution in [1.82, 2.24) is 24.6 Å². The molecule has 4 amide bonds. The van der Waals surface area contributed by atoms with E-state index in [0.29, 0.717) is 51.4 Å². The Bertz CT molecular complexity index is 1460. The Labute approximate surface area is 258 Å². The largest absolute Gasteiger partial charge is 0.471 e. The Morgan fingerprint density at radius 3 is 2.59 bits per heavy atom. The number of rotatable bonds is 7. The number of nitrogens with zero attached hydrogens (tertiary/aromatic N) is 5. The number of amides is 4. The average Bonchev–Trinajstić information content (AvgIpc) is 3.50. The average molecular weight is 629 g/mol. The number of carbonyl (C=O) groups is 3. The Kier molecular flexibility index (Phi) is 8.51. The van der Waals surface area contributed by atoms with Gasteiger partial charge in [-0.05, 0) is 53.8 Å². The van der Waals surface area contributed by atoms with Crippen molar-refractivity contribution >= 4 is 41.1 Å². The fourth-order valence-electron chi connectivity index (χ4n) is 6.48. The van der Waals surface area contributed by atoms with Crippen molar-refractivity contribution in [3.63, 3.8) is 0 Å². The van der Waals surface area contributed by atoms with E-state index in [4.69, 9.17) is 0 Å². The molecule has 1 N–H and O–H groups in total. The predicted octanol–water partition coefficient (Wildman–Crippen LogP) is 4.39. The minimum absolute atomic E-state index is 0.0472. The van der Waals surface area contributed by atoms with Crippen LogP contribution in [-0.4, -0.2) is 101 Å². The number of thiophene rings is 1. The number of hydrogen-bond acceptors (Lipinski definition) is 6. The molecule has 1 spiro atoms. The molecule has 0 atom stereocenters. The maximum Gasteiger partial charge on any atom is 0.471 e. The number of aromatic nitrogens is 1. The number of halogens is 3. The Balaban J connectivity index is 0.964. The molecule has 0 aromatic carbocycles. The molecule has 6 rings (SSSR count). The summed E-state index contributed by atoms with van der Waals surface area (Å²) in [5.41, 5.74) is 2.94. The summed E-state index contributed by atoms with van der Waals surface area (Å²) in [6.07, 6.45) is 5.21. The Morgan fingerprint density at radius 2 is 1.91 bits per heavy atom. The quantitative estimate of drug-likeness (QED) is 0.363. The zero-order valence-corrected chi connectivity index (χ0v) is 25.1. The van der Waals surface area contributed by atoms with Crippen LogP contribution in [0, 0.1) is 5.41 Å². The van der Waals surface area contributed by atoms with Crippen molar-refractivity contribution in [2.75, 3.05) is 57.7 Å². The van der Waals surface area contributed by atoms with Gasteiger partial charge in [-0.1, -0.05) is 17.7 Å². The third kappa shape index (κ3) is 6.83. The first-order valence-electron chi connectivity index (χ1n) is 14.9. The first-order valence-corrected chi connectivity index (χ1v) is 15.8. The number of piperidine rings is 1. The van der Waals surface area contributed by atoms with E-state index >= 15 is 0 Å². The highest BCUT2D eigenvalue weighted by atomic mass is 32.1. The molecule has 0 aliphatic carbocycles. The number of anilines is 1. The van der Waals surface area contributed by atoms with Crippen LogP contribution in [0.25, 0.3) is 6.08 Å². The summed E-state index contributed by atoms with van der Waals surface area (Å²) in [5, 5.41) is 4.92. The van der Waals surface area contributed by atoms with Gasteiger partial charge in [0.1, 0.15) is 5.82 Å². The van der Waals surface area contributed by atoms with E-state index in [-0.39, 0.29) is 30.4 Å². The van der Waals surface area contributed by atoms with E-state index in [1.54, 1.807) is 34.6 Å². The van der Waals surface area contributed by atoms with Gasteiger partial charge in [-0.25, -0.2) is 9.78 Å². The zero-order valence-electron chi connectivity index (χ0n) is 24.3. The molecule has 2 fully saturated rings. The summed E-state index contributed by atoms with van der Waals surface area (Å²) < 4.78 is 38.2. The highest BCUT2D eigenvalue weighted by Gasteiger charge is 2.49. The van der Waals surface area contributed by atoms with Gasteiger partial charge in [0, 0.05) is 81.5 Å². The zero-order chi connectivity index (χ0) is 30.9. The SMILES string of the molecule is O=C(/C=C/c1cnc2c(c1)CN(CCN1CC3(CCN(C(=O)C(F)(F)F)CC3)C1)C(=O)N2)N1CC=C(Cc2cccs2)CC1. The monoisotopic (exact) mass is 628 g/mol. The van der Waals surface area contributed by atoms with Crippen molar-refractivity contribution in [2.24, 2.45) is 5.41 Å². The summed E-state index contributed by atoms with van der Waals surface area (Å²) >= 11 is 1.75. The molecule has 2 saturated heterocycles. The second-order valence-electron chi connectivity index (χ2n) is 12.1. The van der Waals surface area contributed by atoms with Crippen molar-refractivity contribution in [2.45, 2.75) is 38.4 Å². The van der Waals surface area contributed by atoms with Crippen molar-refractivity contribution in [3.8, 4) is 0 Å². The number of nitrogens with one attached hydrogen (secondary N) is 1. The van der Waals surface area contributed by atoms with Gasteiger partial charge in [0.15, 0.2) is 0 Å². The van der Waals surface area contributed by atoms with Crippen molar-refractivity contribution in [1.29, 1.82) is 0 Å². The van der Waals surface area contributed by atoms with Crippen molar-refractivity contribution < 1.29 is 27.6 Å². The van der Waals surface area contributed by atoms with Gasteiger partial charge < -0.3 is 19.6 Å². The Hall–Kier alpha value is -3.71. The molecule has 2 aromatic heterocycles. The van der Waals surface area contributed by atoms with Crippen LogP contribution in [-0.2, 0) is 22.6 Å². The second kappa shape index (κ2) is 12.4. The molecule has 44 heavy (non-hydrogen) atoms. The number of alkyl halides is 3. The lowest BCUT2D eigenvalue weighted by Gasteiger charge is -2.54. The van der Waals surface area contributed by atoms with E-state index in [9.17, 15) is 27.6 Å². The van der Waals surface area contributed by atoms with Crippen LogP contribution >= 0.6 is 11.3 Å². The molecule has 0 bridgehead atoms. The molecular formula is C31H35F3N6O3S. The van der Waals surface area contributed by atoms with Crippen LogP contribution in [0.5, 0.6) is 0 Å². The molecule has 0 unspecified atom stereocenters. The minimum Gasteiger partial charge on any atom is -0.335 e. The number of likely N-dealkylation sites (tertiary alicyclic amines) is 2. The van der Waals surface area contributed by atoms with Gasteiger partial charge in [0.2, 0.25) is 5.91 Å². The lowest BCUT2D eigenvalue weighted by molar-refractivity contribution is -0.189. The Morgan fingerprint density at radius 1 is 1.11 bits per heavy atom. The lowest BCUT2D eigenvalue weighted by Crippen LogP contribution is -2.62. The van der Waals surface area contributed by atoms with E-state index < -0.39 is 12.1 Å². The minimum atomic E-state index is -4.83. The lowest BCUT2D eigenvalue weighted by atomic mass is 9.72. The summed E-state index contributed by atoms with van der Waals surface area (Å²) in [7, 11) is 0. The highest BCUT2D eigenvalue weighted by Crippen LogP contribution is 2.41. The topological polar surface area (TPSA) is 89.1 Å². The van der Waals surface area contributed by atoms with Gasteiger partial charge in [0.25, 0.3) is 0 Å². The summed E-state index contributed by atoms with van der Waals surface area (Å²) in [6.45, 7) is 4.57. The summed E-state index contributed by atoms with van der Waals surface area (Å²) in [5.74, 6) is -1.29. The normalized spacial score (nSPS) is 20.4. The van der Waals surface area contributed by atoms with Crippen molar-refractivity contribution in [3.05, 3.63) is 63.5 Å². The molecule has 2 aromatic rings. The number of fused-ring (bicyclic) bond motifs is 1. The van der Waals surface area contributed by atoms with Gasteiger partial charge in [0.05, 0.1) is 6.54 Å². The third-order valence-corrected chi connectivity index (χ3v) is 9.91. The van der Waals surface area contributed by atoms with Crippen LogP contribution in [0.15, 0.2) is 47.5 Å². The predicted molar refractivity (Wildman–Crippen MR) is 161 cm³/mol. The van der Waals surface area contributed by atoms with E-state index in [0.717, 1.165) is 42.0 Å². The van der Waals surface area contributed by atoms with Gasteiger partial charge in [-0.3, -0.25) is 14.9 Å². The first-order chi connectivity index (χ1) is 21.1. The molecule has 13 heteroatoms. The molecular weight excluding hydrogens is 593 g/mol. The van der Waals surface area contributed by atoms with Crippen LogP contribution in [0.2, 0.25) is 0 Å². The molecule has 4 aliphatic rings. The number of hydrogen-bond donors (Lipinski definition) is 1. The molecule has 6 heterocycles. The fourth-order valence-corrected chi connectivity index (χ4v) is 7.23. The number of pyridine rings is 1. The molecule has 0 saturated carbocycles.